The van der Waals surface area contributed by atoms with Crippen LogP contribution >= 0.6 is 45.8 Å². The van der Waals surface area contributed by atoms with Crippen LogP contribution in [-0.4, -0.2) is 29.9 Å². The highest BCUT2D eigenvalue weighted by Crippen LogP contribution is 2.21. The van der Waals surface area contributed by atoms with E-state index >= 15 is 0 Å². The zero-order valence-corrected chi connectivity index (χ0v) is 14.0. The van der Waals surface area contributed by atoms with Crippen molar-refractivity contribution in [2.75, 3.05) is 0 Å². The second kappa shape index (κ2) is 7.21. The van der Waals surface area contributed by atoms with Crippen molar-refractivity contribution in [3.05, 3.63) is 45.0 Å². The predicted octanol–water partition coefficient (Wildman–Crippen LogP) is 4.46. The van der Waals surface area contributed by atoms with Crippen molar-refractivity contribution in [3.8, 4) is 0 Å². The van der Waals surface area contributed by atoms with Crippen LogP contribution in [0.5, 0.6) is 0 Å². The van der Waals surface area contributed by atoms with Crippen LogP contribution < -0.4 is 0 Å². The fraction of sp³-hybridized carbons (Fsp3) is 0.0769. The van der Waals surface area contributed by atoms with Crippen molar-refractivity contribution in [2.45, 2.75) is 7.43 Å². The fourth-order valence-corrected chi connectivity index (χ4v) is 2.66. The molecule has 0 fully saturated rings. The van der Waals surface area contributed by atoms with Gasteiger partial charge in [-0.2, -0.15) is 0 Å². The minimum absolute atomic E-state index is 0. The van der Waals surface area contributed by atoms with E-state index in [9.17, 15) is 0 Å². The predicted molar refractivity (Wildman–Crippen MR) is 97.2 cm³/mol. The molecule has 0 aliphatic rings. The summed E-state index contributed by atoms with van der Waals surface area (Å²) in [4.78, 5) is 21.6. The van der Waals surface area contributed by atoms with Crippen LogP contribution in [0.2, 0.25) is 10.3 Å². The summed E-state index contributed by atoms with van der Waals surface area (Å²) in [6, 6.07) is 1.85. The molecular formula is C13H11Cl2IN6. The summed E-state index contributed by atoms with van der Waals surface area (Å²) in [5.74, 6) is 0. The van der Waals surface area contributed by atoms with E-state index in [0.717, 1.165) is 25.6 Å². The molecule has 114 valence electrons. The first-order valence-corrected chi connectivity index (χ1v) is 7.57. The van der Waals surface area contributed by atoms with E-state index in [1.807, 2.05) is 12.3 Å². The van der Waals surface area contributed by atoms with Gasteiger partial charge >= 0.3 is 0 Å². The van der Waals surface area contributed by atoms with Crippen LogP contribution in [0.15, 0.2) is 31.1 Å². The third-order valence-electron chi connectivity index (χ3n) is 2.67. The second-order valence-corrected chi connectivity index (χ2v) is 5.81. The summed E-state index contributed by atoms with van der Waals surface area (Å²) >= 11 is 13.7. The molecule has 0 atom stereocenters. The van der Waals surface area contributed by atoms with E-state index in [1.165, 1.54) is 12.7 Å². The van der Waals surface area contributed by atoms with E-state index in [4.69, 9.17) is 23.2 Å². The molecule has 0 saturated carbocycles. The van der Waals surface area contributed by atoms with Crippen LogP contribution in [0, 0.1) is 3.57 Å². The van der Waals surface area contributed by atoms with Crippen molar-refractivity contribution >= 4 is 67.9 Å². The molecule has 22 heavy (non-hydrogen) atoms. The Morgan fingerprint density at radius 1 is 0.909 bits per heavy atom. The molecule has 4 aromatic heterocycles. The Labute approximate surface area is 149 Å². The molecule has 4 aromatic rings. The third-order valence-corrected chi connectivity index (χ3v) is 4.07. The lowest BCUT2D eigenvalue weighted by Crippen LogP contribution is -1.80. The molecule has 0 bridgehead atoms. The van der Waals surface area contributed by atoms with Gasteiger partial charge in [0.05, 0.1) is 9.09 Å². The van der Waals surface area contributed by atoms with Gasteiger partial charge in [-0.3, -0.25) is 0 Å². The minimum atomic E-state index is 0. The highest BCUT2D eigenvalue weighted by molar-refractivity contribution is 14.1. The molecule has 4 heterocycles. The molecule has 0 aromatic carbocycles. The summed E-state index contributed by atoms with van der Waals surface area (Å²) in [5.41, 5.74) is 3.33. The van der Waals surface area contributed by atoms with E-state index in [1.54, 1.807) is 6.20 Å². The summed E-state index contributed by atoms with van der Waals surface area (Å²) < 4.78 is 1.06. The van der Waals surface area contributed by atoms with Crippen molar-refractivity contribution in [2.24, 2.45) is 0 Å². The lowest BCUT2D eigenvalue weighted by molar-refractivity contribution is 1.22. The van der Waals surface area contributed by atoms with Crippen LogP contribution in [0.25, 0.3) is 22.1 Å². The molecule has 0 radical (unpaired) electrons. The van der Waals surface area contributed by atoms with Crippen LogP contribution in [0.1, 0.15) is 7.43 Å². The van der Waals surface area contributed by atoms with E-state index in [-0.39, 0.29) is 7.43 Å². The number of hydrogen-bond donors (Lipinski definition) is 2. The number of nitrogens with one attached hydrogen (secondary N) is 2. The number of aromatic nitrogens is 6. The first kappa shape index (κ1) is 16.9. The van der Waals surface area contributed by atoms with Crippen LogP contribution in [0.4, 0.5) is 0 Å². The zero-order chi connectivity index (χ0) is 14.8. The number of aromatic amines is 2. The third kappa shape index (κ3) is 3.31. The van der Waals surface area contributed by atoms with Crippen molar-refractivity contribution in [1.29, 1.82) is 0 Å². The maximum absolute atomic E-state index is 5.78. The average molecular weight is 449 g/mol. The Kier molecular flexibility index (Phi) is 5.54. The van der Waals surface area contributed by atoms with Gasteiger partial charge in [0.1, 0.15) is 29.2 Å². The molecule has 0 unspecified atom stereocenters. The monoisotopic (exact) mass is 448 g/mol. The van der Waals surface area contributed by atoms with Gasteiger partial charge in [0, 0.05) is 12.4 Å². The number of hydrogen-bond acceptors (Lipinski definition) is 4. The molecule has 0 aliphatic carbocycles. The highest BCUT2D eigenvalue weighted by Gasteiger charge is 2.04. The maximum atomic E-state index is 5.78. The standard InChI is InChI=1S/C6H3ClIN3.C6H4ClN3.CH4/c7-6-5-4(10-2-11-6)3(8)1-9-5;7-6-5-4(1-2-8-5)9-3-10-6;/h1-2,9H;1-3,8H;1H4. The molecule has 0 aliphatic heterocycles. The van der Waals surface area contributed by atoms with Gasteiger partial charge in [-0.05, 0) is 28.7 Å². The normalized spacial score (nSPS) is 10.1. The van der Waals surface area contributed by atoms with E-state index in [0.29, 0.717) is 10.3 Å². The first-order chi connectivity index (χ1) is 10.2. The Balaban J connectivity index is 0.000000154. The summed E-state index contributed by atoms with van der Waals surface area (Å²) in [6.07, 6.45) is 6.54. The Bertz CT molecular complexity index is 904. The SMILES string of the molecule is C.Clc1ncnc2c(I)c[nH]c12.Clc1ncnc2cc[nH]c12. The summed E-state index contributed by atoms with van der Waals surface area (Å²) in [6.45, 7) is 0. The fourth-order valence-electron chi connectivity index (χ4n) is 1.72. The molecule has 4 rings (SSSR count). The largest absolute Gasteiger partial charge is 0.357 e. The summed E-state index contributed by atoms with van der Waals surface area (Å²) in [7, 11) is 0. The molecule has 0 amide bonds. The van der Waals surface area contributed by atoms with E-state index < -0.39 is 0 Å². The lowest BCUT2D eigenvalue weighted by Gasteiger charge is -1.89. The second-order valence-electron chi connectivity index (χ2n) is 3.93. The van der Waals surface area contributed by atoms with Gasteiger partial charge in [0.25, 0.3) is 0 Å². The highest BCUT2D eigenvalue weighted by atomic mass is 127. The first-order valence-electron chi connectivity index (χ1n) is 5.73. The average Bonchev–Trinajstić information content (AvgIpc) is 3.09. The quantitative estimate of drug-likeness (QED) is 0.307. The summed E-state index contributed by atoms with van der Waals surface area (Å²) in [5, 5.41) is 0.938. The van der Waals surface area contributed by atoms with E-state index in [2.05, 4.69) is 52.5 Å². The topological polar surface area (TPSA) is 83.1 Å². The smallest absolute Gasteiger partial charge is 0.156 e. The van der Waals surface area contributed by atoms with Gasteiger partial charge in [-0.15, -0.1) is 0 Å². The number of rotatable bonds is 0. The number of H-pyrrole nitrogens is 2. The van der Waals surface area contributed by atoms with Gasteiger partial charge in [-0.1, -0.05) is 30.6 Å². The van der Waals surface area contributed by atoms with Crippen molar-refractivity contribution in [3.63, 3.8) is 0 Å². The molecule has 2 N–H and O–H groups in total. The van der Waals surface area contributed by atoms with Crippen molar-refractivity contribution in [1.82, 2.24) is 29.9 Å². The number of fused-ring (bicyclic) bond motifs is 2. The van der Waals surface area contributed by atoms with Crippen LogP contribution in [-0.2, 0) is 0 Å². The van der Waals surface area contributed by atoms with Gasteiger partial charge < -0.3 is 9.97 Å². The van der Waals surface area contributed by atoms with Gasteiger partial charge in [-0.25, -0.2) is 19.9 Å². The molecule has 0 saturated heterocycles. The molecule has 0 spiro atoms. The van der Waals surface area contributed by atoms with Crippen LogP contribution in [0.3, 0.4) is 0 Å². The lowest BCUT2D eigenvalue weighted by atomic mass is 10.5. The van der Waals surface area contributed by atoms with Gasteiger partial charge in [0.15, 0.2) is 10.3 Å². The Hall–Kier alpha value is -1.45. The Morgan fingerprint density at radius 3 is 2.27 bits per heavy atom. The van der Waals surface area contributed by atoms with Gasteiger partial charge in [0.2, 0.25) is 0 Å². The molecular weight excluding hydrogens is 438 g/mol. The van der Waals surface area contributed by atoms with Crippen molar-refractivity contribution < 1.29 is 0 Å². The molecule has 9 heteroatoms. The number of halogens is 3. The zero-order valence-electron chi connectivity index (χ0n) is 10.3. The minimum Gasteiger partial charge on any atom is -0.357 e. The Morgan fingerprint density at radius 2 is 1.59 bits per heavy atom. The number of nitrogens with zero attached hydrogens (tertiary/aromatic N) is 4. The molecule has 6 nitrogen and oxygen atoms in total. The maximum Gasteiger partial charge on any atom is 0.156 e.